The van der Waals surface area contributed by atoms with Crippen molar-refractivity contribution in [3.05, 3.63) is 59.0 Å². The number of benzene rings is 1. The zero-order chi connectivity index (χ0) is 19.0. The largest absolute Gasteiger partial charge is 0.420 e. The van der Waals surface area contributed by atoms with Crippen molar-refractivity contribution < 1.29 is 13.6 Å². The molecule has 2 heterocycles. The highest BCUT2D eigenvalue weighted by atomic mass is 19.1. The van der Waals surface area contributed by atoms with Gasteiger partial charge >= 0.3 is 0 Å². The van der Waals surface area contributed by atoms with E-state index in [0.29, 0.717) is 24.2 Å². The van der Waals surface area contributed by atoms with Crippen molar-refractivity contribution in [2.45, 2.75) is 45.7 Å². The van der Waals surface area contributed by atoms with E-state index in [9.17, 15) is 9.18 Å². The highest BCUT2D eigenvalue weighted by Gasteiger charge is 2.30. The Morgan fingerprint density at radius 3 is 2.70 bits per heavy atom. The van der Waals surface area contributed by atoms with Gasteiger partial charge in [0.1, 0.15) is 12.4 Å². The summed E-state index contributed by atoms with van der Waals surface area (Å²) in [6.07, 6.45) is 2.21. The minimum absolute atomic E-state index is 0.114. The van der Waals surface area contributed by atoms with E-state index in [1.807, 2.05) is 24.5 Å². The van der Waals surface area contributed by atoms with Gasteiger partial charge in [0.05, 0.1) is 5.56 Å². The molecule has 1 fully saturated rings. The molecule has 0 aliphatic heterocycles. The number of halogens is 1. The van der Waals surface area contributed by atoms with Gasteiger partial charge < -0.3 is 14.3 Å². The number of amides is 1. The molecule has 0 bridgehead atoms. The second kappa shape index (κ2) is 6.98. The van der Waals surface area contributed by atoms with Gasteiger partial charge in [-0.05, 0) is 50.5 Å². The SMILES string of the molecule is Cc1cc(-c2nnc(C3CC3)o2)c(C)n1CC(=O)NCc1ccc(F)cc1. The standard InChI is InChI=1S/C20H21FN4O2/c1-12-9-17(20-24-23-19(27-20)15-5-6-15)13(2)25(12)11-18(26)22-10-14-3-7-16(21)8-4-14/h3-4,7-9,15H,5-6,10-11H2,1-2H3,(H,22,26). The molecule has 1 N–H and O–H groups in total. The van der Waals surface area contributed by atoms with Crippen LogP contribution in [0, 0.1) is 19.7 Å². The summed E-state index contributed by atoms with van der Waals surface area (Å²) >= 11 is 0. The van der Waals surface area contributed by atoms with Crippen molar-refractivity contribution in [3.63, 3.8) is 0 Å². The summed E-state index contributed by atoms with van der Waals surface area (Å²) in [5.41, 5.74) is 3.57. The van der Waals surface area contributed by atoms with E-state index < -0.39 is 0 Å². The molecule has 3 aromatic rings. The Labute approximate surface area is 156 Å². The maximum Gasteiger partial charge on any atom is 0.249 e. The second-order valence-electron chi connectivity index (χ2n) is 6.99. The molecule has 7 heteroatoms. The number of nitrogens with zero attached hydrogens (tertiary/aromatic N) is 3. The predicted molar refractivity (Wildman–Crippen MR) is 97.4 cm³/mol. The van der Waals surface area contributed by atoms with Gasteiger partial charge in [-0.3, -0.25) is 4.79 Å². The highest BCUT2D eigenvalue weighted by Crippen LogP contribution is 2.40. The van der Waals surface area contributed by atoms with Crippen LogP contribution in [-0.4, -0.2) is 20.7 Å². The molecule has 6 nitrogen and oxygen atoms in total. The molecule has 0 unspecified atom stereocenters. The van der Waals surface area contributed by atoms with Crippen LogP contribution in [0.1, 0.15) is 41.6 Å². The van der Waals surface area contributed by atoms with E-state index in [1.165, 1.54) is 12.1 Å². The quantitative estimate of drug-likeness (QED) is 0.723. The molecule has 4 rings (SSSR count). The zero-order valence-electron chi connectivity index (χ0n) is 15.3. The van der Waals surface area contributed by atoms with Crippen molar-refractivity contribution in [1.29, 1.82) is 0 Å². The van der Waals surface area contributed by atoms with Gasteiger partial charge in [0.15, 0.2) is 0 Å². The van der Waals surface area contributed by atoms with E-state index in [0.717, 1.165) is 35.4 Å². The Morgan fingerprint density at radius 1 is 1.26 bits per heavy atom. The molecule has 27 heavy (non-hydrogen) atoms. The fourth-order valence-corrected chi connectivity index (χ4v) is 3.10. The summed E-state index contributed by atoms with van der Waals surface area (Å²) in [6.45, 7) is 4.45. The van der Waals surface area contributed by atoms with E-state index in [1.54, 1.807) is 12.1 Å². The summed E-state index contributed by atoms with van der Waals surface area (Å²) in [6, 6.07) is 8.05. The van der Waals surface area contributed by atoms with Gasteiger partial charge in [0.2, 0.25) is 17.7 Å². The van der Waals surface area contributed by atoms with E-state index in [2.05, 4.69) is 15.5 Å². The second-order valence-corrected chi connectivity index (χ2v) is 6.99. The predicted octanol–water partition coefficient (Wildman–Crippen LogP) is 3.49. The first-order valence-corrected chi connectivity index (χ1v) is 9.03. The van der Waals surface area contributed by atoms with Crippen LogP contribution in [-0.2, 0) is 17.9 Å². The Kier molecular flexibility index (Phi) is 4.51. The molecular formula is C20H21FN4O2. The van der Waals surface area contributed by atoms with Crippen LogP contribution >= 0.6 is 0 Å². The Hall–Kier alpha value is -2.96. The number of carbonyl (C=O) groups excluding carboxylic acids is 1. The average molecular weight is 368 g/mol. The van der Waals surface area contributed by atoms with Gasteiger partial charge in [-0.2, -0.15) is 0 Å². The number of carbonyl (C=O) groups is 1. The molecule has 1 saturated carbocycles. The van der Waals surface area contributed by atoms with Crippen LogP contribution in [0.2, 0.25) is 0 Å². The first kappa shape index (κ1) is 17.5. The van der Waals surface area contributed by atoms with Crippen LogP contribution in [0.15, 0.2) is 34.7 Å². The smallest absolute Gasteiger partial charge is 0.249 e. The van der Waals surface area contributed by atoms with Crippen LogP contribution in [0.25, 0.3) is 11.5 Å². The number of rotatable bonds is 6. The Morgan fingerprint density at radius 2 is 2.00 bits per heavy atom. The van der Waals surface area contributed by atoms with Crippen molar-refractivity contribution >= 4 is 5.91 Å². The Bertz CT molecular complexity index is 971. The summed E-state index contributed by atoms with van der Waals surface area (Å²) in [7, 11) is 0. The van der Waals surface area contributed by atoms with Gasteiger partial charge in [0, 0.05) is 23.9 Å². The maximum absolute atomic E-state index is 12.9. The maximum atomic E-state index is 12.9. The third-order valence-corrected chi connectivity index (χ3v) is 4.88. The fourth-order valence-electron chi connectivity index (χ4n) is 3.10. The number of aromatic nitrogens is 3. The summed E-state index contributed by atoms with van der Waals surface area (Å²) in [4.78, 5) is 12.3. The van der Waals surface area contributed by atoms with Gasteiger partial charge in [0.25, 0.3) is 0 Å². The van der Waals surface area contributed by atoms with Crippen LogP contribution in [0.4, 0.5) is 4.39 Å². The number of hydrogen-bond acceptors (Lipinski definition) is 4. The van der Waals surface area contributed by atoms with Crippen molar-refractivity contribution in [2.75, 3.05) is 0 Å². The van der Waals surface area contributed by atoms with E-state index in [4.69, 9.17) is 4.42 Å². The van der Waals surface area contributed by atoms with Crippen molar-refractivity contribution in [3.8, 4) is 11.5 Å². The lowest BCUT2D eigenvalue weighted by molar-refractivity contribution is -0.121. The first-order chi connectivity index (χ1) is 13.0. The first-order valence-electron chi connectivity index (χ1n) is 9.03. The third kappa shape index (κ3) is 3.77. The lowest BCUT2D eigenvalue weighted by atomic mass is 10.2. The molecule has 0 spiro atoms. The van der Waals surface area contributed by atoms with Gasteiger partial charge in [-0.25, -0.2) is 4.39 Å². The molecule has 0 saturated heterocycles. The summed E-state index contributed by atoms with van der Waals surface area (Å²) in [5, 5.41) is 11.2. The number of aryl methyl sites for hydroxylation is 1. The lowest BCUT2D eigenvalue weighted by Gasteiger charge is -2.10. The molecule has 140 valence electrons. The average Bonchev–Trinajstić information content (AvgIpc) is 3.33. The minimum atomic E-state index is -0.290. The molecule has 1 aliphatic rings. The van der Waals surface area contributed by atoms with Crippen LogP contribution < -0.4 is 5.32 Å². The fraction of sp³-hybridized carbons (Fsp3) is 0.350. The summed E-state index contributed by atoms with van der Waals surface area (Å²) in [5.74, 6) is 1.21. The Balaban J connectivity index is 1.44. The van der Waals surface area contributed by atoms with E-state index >= 15 is 0 Å². The highest BCUT2D eigenvalue weighted by molar-refractivity contribution is 5.76. The summed E-state index contributed by atoms with van der Waals surface area (Å²) < 4.78 is 20.7. The molecule has 0 atom stereocenters. The lowest BCUT2D eigenvalue weighted by Crippen LogP contribution is -2.27. The van der Waals surface area contributed by atoms with Crippen molar-refractivity contribution in [1.82, 2.24) is 20.1 Å². The normalized spacial score (nSPS) is 13.7. The number of nitrogens with one attached hydrogen (secondary N) is 1. The van der Waals surface area contributed by atoms with Crippen LogP contribution in [0.5, 0.6) is 0 Å². The van der Waals surface area contributed by atoms with Crippen LogP contribution in [0.3, 0.4) is 0 Å². The minimum Gasteiger partial charge on any atom is -0.420 e. The third-order valence-electron chi connectivity index (χ3n) is 4.88. The number of hydrogen-bond donors (Lipinski definition) is 1. The molecule has 0 radical (unpaired) electrons. The monoisotopic (exact) mass is 368 g/mol. The molecule has 1 amide bonds. The zero-order valence-corrected chi connectivity index (χ0v) is 15.3. The van der Waals surface area contributed by atoms with Crippen molar-refractivity contribution in [2.24, 2.45) is 0 Å². The molecule has 2 aromatic heterocycles. The topological polar surface area (TPSA) is 73.0 Å². The molecule has 1 aliphatic carbocycles. The van der Waals surface area contributed by atoms with Gasteiger partial charge in [-0.1, -0.05) is 12.1 Å². The van der Waals surface area contributed by atoms with Gasteiger partial charge in [-0.15, -0.1) is 10.2 Å². The van der Waals surface area contributed by atoms with E-state index in [-0.39, 0.29) is 18.3 Å². The molecule has 1 aromatic carbocycles. The molecular weight excluding hydrogens is 347 g/mol.